The Hall–Kier alpha value is -4.98. The third-order valence-electron chi connectivity index (χ3n) is 5.70. The summed E-state index contributed by atoms with van der Waals surface area (Å²) in [7, 11) is -3.53. The quantitative estimate of drug-likeness (QED) is 0.219. The van der Waals surface area contributed by atoms with E-state index < -0.39 is 21.9 Å². The zero-order chi connectivity index (χ0) is 29.4. The number of fused-ring (bicyclic) bond motifs is 1. The molecule has 2 aromatic carbocycles. The third kappa shape index (κ3) is 6.61. The van der Waals surface area contributed by atoms with Crippen LogP contribution in [0.3, 0.4) is 0 Å². The largest absolute Gasteiger partial charge is 0.457 e. The number of anilines is 3. The molecule has 3 N–H and O–H groups in total. The number of rotatable bonds is 7. The molecule has 212 valence electrons. The van der Waals surface area contributed by atoms with E-state index in [0.29, 0.717) is 28.0 Å². The number of aromatic nitrogens is 4. The summed E-state index contributed by atoms with van der Waals surface area (Å²) in [6, 6.07) is 11.4. The molecule has 5 rings (SSSR count). The van der Waals surface area contributed by atoms with Crippen LogP contribution in [0.5, 0.6) is 11.5 Å². The second kappa shape index (κ2) is 10.5. The summed E-state index contributed by atoms with van der Waals surface area (Å²) < 4.78 is 52.7. The lowest BCUT2D eigenvalue weighted by Crippen LogP contribution is -2.22. The zero-order valence-electron chi connectivity index (χ0n) is 22.5. The molecule has 14 heteroatoms. The second-order valence-corrected chi connectivity index (χ2v) is 11.9. The van der Waals surface area contributed by atoms with E-state index in [0.717, 1.165) is 12.3 Å². The molecule has 0 radical (unpaired) electrons. The van der Waals surface area contributed by atoms with Crippen LogP contribution in [0, 0.1) is 5.82 Å². The first-order valence-corrected chi connectivity index (χ1v) is 14.2. The van der Waals surface area contributed by atoms with Crippen molar-refractivity contribution < 1.29 is 26.8 Å². The minimum Gasteiger partial charge on any atom is -0.457 e. The van der Waals surface area contributed by atoms with E-state index >= 15 is 0 Å². The molecule has 0 aliphatic heterocycles. The van der Waals surface area contributed by atoms with Crippen LogP contribution >= 0.6 is 0 Å². The minimum absolute atomic E-state index is 0.0514. The Balaban J connectivity index is 1.32. The van der Waals surface area contributed by atoms with Crippen molar-refractivity contribution in [2.24, 2.45) is 0 Å². The Bertz CT molecular complexity index is 1860. The molecule has 12 nitrogen and oxygen atoms in total. The monoisotopic (exact) mass is 579 g/mol. The number of carbonyl (C=O) groups excluding carboxylic acids is 1. The van der Waals surface area contributed by atoms with E-state index in [9.17, 15) is 17.6 Å². The molecule has 0 unspecified atom stereocenters. The van der Waals surface area contributed by atoms with E-state index in [-0.39, 0.29) is 28.5 Å². The lowest BCUT2D eigenvalue weighted by atomic mass is 10.1. The van der Waals surface area contributed by atoms with Crippen LogP contribution in [0.15, 0.2) is 71.7 Å². The van der Waals surface area contributed by atoms with Gasteiger partial charge in [-0.3, -0.25) is 9.40 Å². The maximum absolute atomic E-state index is 14.9. The van der Waals surface area contributed by atoms with Gasteiger partial charge in [0.1, 0.15) is 34.3 Å². The van der Waals surface area contributed by atoms with Gasteiger partial charge in [0.15, 0.2) is 12.0 Å². The number of benzene rings is 2. The number of nitrogens with one attached hydrogen (secondary N) is 3. The molecule has 0 aliphatic rings. The first-order valence-electron chi connectivity index (χ1n) is 12.3. The van der Waals surface area contributed by atoms with Crippen molar-refractivity contribution in [1.82, 2.24) is 19.7 Å². The molecule has 0 aliphatic carbocycles. The van der Waals surface area contributed by atoms with Crippen LogP contribution in [0.2, 0.25) is 0 Å². The number of pyridine rings is 1. The van der Waals surface area contributed by atoms with Crippen LogP contribution < -0.4 is 20.1 Å². The number of carbonyl (C=O) groups is 1. The number of urea groups is 1. The predicted molar refractivity (Wildman–Crippen MR) is 152 cm³/mol. The number of oxazole rings is 1. The van der Waals surface area contributed by atoms with Gasteiger partial charge >= 0.3 is 6.03 Å². The van der Waals surface area contributed by atoms with Gasteiger partial charge in [-0.2, -0.15) is 5.10 Å². The van der Waals surface area contributed by atoms with Crippen molar-refractivity contribution in [3.63, 3.8) is 0 Å². The molecule has 0 atom stereocenters. The van der Waals surface area contributed by atoms with Gasteiger partial charge in [-0.1, -0.05) is 0 Å². The van der Waals surface area contributed by atoms with Gasteiger partial charge in [0.05, 0.1) is 23.2 Å². The van der Waals surface area contributed by atoms with Gasteiger partial charge in [-0.25, -0.2) is 27.6 Å². The molecule has 41 heavy (non-hydrogen) atoms. The highest BCUT2D eigenvalue weighted by molar-refractivity contribution is 7.92. The Morgan fingerprint density at radius 2 is 1.76 bits per heavy atom. The minimum atomic E-state index is -3.53. The Morgan fingerprint density at radius 3 is 2.49 bits per heavy atom. The molecule has 0 fully saturated rings. The summed E-state index contributed by atoms with van der Waals surface area (Å²) in [5.74, 6) is -0.336. The van der Waals surface area contributed by atoms with Gasteiger partial charge in [0, 0.05) is 30.1 Å². The number of amides is 2. The van der Waals surface area contributed by atoms with Gasteiger partial charge in [0.25, 0.3) is 0 Å². The highest BCUT2D eigenvalue weighted by Crippen LogP contribution is 2.32. The summed E-state index contributed by atoms with van der Waals surface area (Å²) in [5, 5.41) is 9.95. The van der Waals surface area contributed by atoms with Crippen molar-refractivity contribution in [3.05, 3.63) is 73.1 Å². The third-order valence-corrected chi connectivity index (χ3v) is 6.28. The van der Waals surface area contributed by atoms with Gasteiger partial charge < -0.3 is 19.8 Å². The number of nitrogens with zero attached hydrogens (tertiary/aromatic N) is 4. The zero-order valence-corrected chi connectivity index (χ0v) is 23.3. The smallest absolute Gasteiger partial charge is 0.323 e. The molecule has 0 saturated heterocycles. The first-order chi connectivity index (χ1) is 19.3. The molecule has 5 aromatic rings. The molecule has 2 amide bonds. The summed E-state index contributed by atoms with van der Waals surface area (Å²) in [6.07, 6.45) is 5.40. The molecular formula is C27H26FN7O5S. The van der Waals surface area contributed by atoms with Crippen LogP contribution in [-0.2, 0) is 15.6 Å². The topological polar surface area (TPSA) is 153 Å². The Morgan fingerprint density at radius 1 is 1.00 bits per heavy atom. The van der Waals surface area contributed by atoms with Crippen LogP contribution in [0.4, 0.5) is 26.4 Å². The van der Waals surface area contributed by atoms with Crippen molar-refractivity contribution in [2.75, 3.05) is 21.6 Å². The van der Waals surface area contributed by atoms with Crippen LogP contribution in [0.25, 0.3) is 22.4 Å². The maximum atomic E-state index is 14.9. The lowest BCUT2D eigenvalue weighted by Gasteiger charge is -2.18. The van der Waals surface area contributed by atoms with Gasteiger partial charge in [-0.15, -0.1) is 0 Å². The fourth-order valence-electron chi connectivity index (χ4n) is 3.82. The van der Waals surface area contributed by atoms with E-state index in [4.69, 9.17) is 9.15 Å². The van der Waals surface area contributed by atoms with E-state index in [2.05, 4.69) is 30.4 Å². The van der Waals surface area contributed by atoms with Crippen molar-refractivity contribution in [3.8, 4) is 22.8 Å². The molecule has 3 heterocycles. The predicted octanol–water partition coefficient (Wildman–Crippen LogP) is 5.79. The number of ether oxygens (including phenoxy) is 1. The average molecular weight is 580 g/mol. The fraction of sp³-hybridized carbons (Fsp3) is 0.185. The second-order valence-electron chi connectivity index (χ2n) is 10.1. The number of halogens is 1. The van der Waals surface area contributed by atoms with Crippen molar-refractivity contribution >= 4 is 44.3 Å². The highest BCUT2D eigenvalue weighted by Gasteiger charge is 2.21. The van der Waals surface area contributed by atoms with Crippen LogP contribution in [0.1, 0.15) is 20.8 Å². The van der Waals surface area contributed by atoms with E-state index in [1.54, 1.807) is 23.0 Å². The summed E-state index contributed by atoms with van der Waals surface area (Å²) in [6.45, 7) is 5.92. The molecule has 0 bridgehead atoms. The number of sulfonamides is 1. The highest BCUT2D eigenvalue weighted by atomic mass is 32.2. The average Bonchev–Trinajstić information content (AvgIpc) is 3.51. The standard InChI is InChI=1S/C27H26FN7O5S/c1-27(2,3)35-14-22(25(33-35)16-5-8-23-21(11-16)30-15-39-23)32-26(36)31-20-7-6-17(12-19(20)28)40-18-9-10-29-24(13-18)34-41(4,37)38/h5-15H,1-4H3,(H,29,34)(H2,31,32,36). The first kappa shape index (κ1) is 27.6. The summed E-state index contributed by atoms with van der Waals surface area (Å²) >= 11 is 0. The molecular weight excluding hydrogens is 553 g/mol. The number of hydrogen-bond donors (Lipinski definition) is 3. The molecule has 0 spiro atoms. The molecule has 3 aromatic heterocycles. The molecule has 0 saturated carbocycles. The Kier molecular flexibility index (Phi) is 7.09. The van der Waals surface area contributed by atoms with E-state index in [1.165, 1.54) is 36.9 Å². The van der Waals surface area contributed by atoms with Gasteiger partial charge in [-0.05, 0) is 57.2 Å². The maximum Gasteiger partial charge on any atom is 0.323 e. The SMILES string of the molecule is CC(C)(C)n1cc(NC(=O)Nc2ccc(Oc3ccnc(NS(C)(=O)=O)c3)cc2F)c(-c2ccc3ocnc3c2)n1. The summed E-state index contributed by atoms with van der Waals surface area (Å²) in [4.78, 5) is 21.0. The van der Waals surface area contributed by atoms with Crippen molar-refractivity contribution in [1.29, 1.82) is 0 Å². The Labute approximate surface area is 234 Å². The van der Waals surface area contributed by atoms with Crippen LogP contribution in [-0.4, -0.2) is 40.5 Å². The number of hydrogen-bond acceptors (Lipinski definition) is 8. The van der Waals surface area contributed by atoms with Crippen molar-refractivity contribution in [2.45, 2.75) is 26.3 Å². The van der Waals surface area contributed by atoms with E-state index in [1.807, 2.05) is 26.8 Å². The fourth-order valence-corrected chi connectivity index (χ4v) is 4.31. The summed E-state index contributed by atoms with van der Waals surface area (Å²) in [5.41, 5.74) is 2.43. The normalized spacial score (nSPS) is 11.8. The lowest BCUT2D eigenvalue weighted by molar-refractivity contribution is 0.262. The van der Waals surface area contributed by atoms with Gasteiger partial charge in [0.2, 0.25) is 10.0 Å².